The molecule has 1 aliphatic rings. The molecule has 2 atom stereocenters. The second-order valence-electron chi connectivity index (χ2n) is 7.24. The van der Waals surface area contributed by atoms with Crippen LogP contribution in [0.1, 0.15) is 31.4 Å². The highest BCUT2D eigenvalue weighted by molar-refractivity contribution is 5.78. The molecule has 0 bridgehead atoms. The maximum Gasteiger partial charge on any atom is 0.393 e. The minimum absolute atomic E-state index is 0.0584. The van der Waals surface area contributed by atoms with E-state index in [1.54, 1.807) is 18.1 Å². The van der Waals surface area contributed by atoms with E-state index in [2.05, 4.69) is 10.1 Å². The number of halogens is 3. The number of alkyl halides is 3. The van der Waals surface area contributed by atoms with Gasteiger partial charge in [0.1, 0.15) is 12.7 Å². The van der Waals surface area contributed by atoms with Crippen LogP contribution < -0.4 is 0 Å². The number of nitrogens with zero attached hydrogens (tertiary/aromatic N) is 5. The fourth-order valence-electron chi connectivity index (χ4n) is 3.42. The zero-order valence-corrected chi connectivity index (χ0v) is 15.9. The maximum absolute atomic E-state index is 13.0. The van der Waals surface area contributed by atoms with Crippen molar-refractivity contribution in [3.8, 4) is 5.69 Å². The molecule has 0 saturated carbocycles. The smallest absolute Gasteiger partial charge is 0.341 e. The number of amides is 1. The predicted molar refractivity (Wildman–Crippen MR) is 97.8 cm³/mol. The molecule has 0 spiro atoms. The van der Waals surface area contributed by atoms with E-state index in [4.69, 9.17) is 0 Å². The molecular weight excluding hydrogens is 371 g/mol. The van der Waals surface area contributed by atoms with Gasteiger partial charge in [-0.2, -0.15) is 18.3 Å². The van der Waals surface area contributed by atoms with Gasteiger partial charge in [-0.15, -0.1) is 0 Å². The van der Waals surface area contributed by atoms with Crippen molar-refractivity contribution in [1.82, 2.24) is 24.6 Å². The first-order valence-corrected chi connectivity index (χ1v) is 9.25. The zero-order chi connectivity index (χ0) is 20.3. The summed E-state index contributed by atoms with van der Waals surface area (Å²) in [5.74, 6) is -1.68. The molecule has 9 heteroatoms. The molecule has 1 aliphatic heterocycles. The second kappa shape index (κ2) is 8.30. The number of benzene rings is 1. The molecule has 1 saturated heterocycles. The Morgan fingerprint density at radius 3 is 2.64 bits per heavy atom. The largest absolute Gasteiger partial charge is 0.393 e. The van der Waals surface area contributed by atoms with Gasteiger partial charge in [-0.25, -0.2) is 9.67 Å². The first-order chi connectivity index (χ1) is 13.3. The van der Waals surface area contributed by atoms with Crippen molar-refractivity contribution in [1.29, 1.82) is 0 Å². The summed E-state index contributed by atoms with van der Waals surface area (Å²) in [4.78, 5) is 19.6. The molecule has 1 aromatic heterocycles. The second-order valence-corrected chi connectivity index (χ2v) is 7.24. The molecule has 1 fully saturated rings. The van der Waals surface area contributed by atoms with E-state index >= 15 is 0 Å². The van der Waals surface area contributed by atoms with E-state index in [-0.39, 0.29) is 31.5 Å². The quantitative estimate of drug-likeness (QED) is 0.781. The van der Waals surface area contributed by atoms with Gasteiger partial charge < -0.3 is 4.90 Å². The van der Waals surface area contributed by atoms with Crippen LogP contribution in [0, 0.1) is 5.92 Å². The van der Waals surface area contributed by atoms with Gasteiger partial charge in [0.25, 0.3) is 0 Å². The molecule has 1 aromatic carbocycles. The van der Waals surface area contributed by atoms with Crippen LogP contribution >= 0.6 is 0 Å². The van der Waals surface area contributed by atoms with Crippen LogP contribution in [0.2, 0.25) is 0 Å². The summed E-state index contributed by atoms with van der Waals surface area (Å²) < 4.78 is 40.5. The normalized spacial score (nSPS) is 19.1. The van der Waals surface area contributed by atoms with Crippen LogP contribution in [0.15, 0.2) is 36.9 Å². The van der Waals surface area contributed by atoms with Gasteiger partial charge in [0.2, 0.25) is 5.91 Å². The van der Waals surface area contributed by atoms with Gasteiger partial charge >= 0.3 is 6.18 Å². The SMILES string of the molecule is CC(c1ccc(-n2cncn2)cc1)N(C)CC(=O)N1CCCC(C(F)(F)F)C1. The molecule has 6 nitrogen and oxygen atoms in total. The van der Waals surface area contributed by atoms with Crippen LogP contribution in [-0.4, -0.2) is 63.3 Å². The van der Waals surface area contributed by atoms with Crippen LogP contribution in [0.5, 0.6) is 0 Å². The Labute approximate surface area is 162 Å². The summed E-state index contributed by atoms with van der Waals surface area (Å²) in [6.45, 7) is 2.19. The number of aromatic nitrogens is 3. The van der Waals surface area contributed by atoms with Gasteiger partial charge in [0, 0.05) is 19.1 Å². The lowest BCUT2D eigenvalue weighted by Crippen LogP contribution is -2.47. The van der Waals surface area contributed by atoms with Crippen molar-refractivity contribution >= 4 is 5.91 Å². The summed E-state index contributed by atoms with van der Waals surface area (Å²) in [5.41, 5.74) is 1.88. The lowest BCUT2D eigenvalue weighted by Gasteiger charge is -2.35. The van der Waals surface area contributed by atoms with E-state index in [0.29, 0.717) is 13.0 Å². The Balaban J connectivity index is 1.59. The molecule has 152 valence electrons. The Bertz CT molecular complexity index is 776. The fraction of sp³-hybridized carbons (Fsp3) is 0.526. The summed E-state index contributed by atoms with van der Waals surface area (Å²) >= 11 is 0. The molecule has 2 unspecified atom stereocenters. The van der Waals surface area contributed by atoms with Crippen LogP contribution in [0.3, 0.4) is 0 Å². The Kier molecular flexibility index (Phi) is 6.02. The summed E-state index contributed by atoms with van der Waals surface area (Å²) in [6.07, 6.45) is -0.698. The van der Waals surface area contributed by atoms with Gasteiger partial charge in [-0.1, -0.05) is 12.1 Å². The molecule has 0 radical (unpaired) electrons. The first-order valence-electron chi connectivity index (χ1n) is 9.25. The Morgan fingerprint density at radius 2 is 2.04 bits per heavy atom. The van der Waals surface area contributed by atoms with Crippen molar-refractivity contribution in [2.24, 2.45) is 5.92 Å². The molecule has 3 rings (SSSR count). The standard InChI is InChI=1S/C19H24F3N5O/c1-14(15-5-7-17(8-6-15)27-13-23-12-24-27)25(2)11-18(28)26-9-3-4-16(10-26)19(20,21)22/h5-8,12-14,16H,3-4,9-11H2,1-2H3. The molecule has 0 N–H and O–H groups in total. The molecule has 0 aliphatic carbocycles. The number of rotatable bonds is 5. The average Bonchev–Trinajstić information content (AvgIpc) is 3.21. The van der Waals surface area contributed by atoms with E-state index in [0.717, 1.165) is 11.3 Å². The monoisotopic (exact) mass is 395 g/mol. The van der Waals surface area contributed by atoms with Gasteiger partial charge in [0.15, 0.2) is 0 Å². The molecule has 28 heavy (non-hydrogen) atoms. The minimum atomic E-state index is -4.25. The third-order valence-corrected chi connectivity index (χ3v) is 5.34. The van der Waals surface area contributed by atoms with Crippen molar-refractivity contribution in [2.75, 3.05) is 26.7 Å². The topological polar surface area (TPSA) is 54.3 Å². The number of hydrogen-bond donors (Lipinski definition) is 0. The zero-order valence-electron chi connectivity index (χ0n) is 15.9. The van der Waals surface area contributed by atoms with E-state index in [1.165, 1.54) is 11.2 Å². The average molecular weight is 395 g/mol. The molecule has 2 heterocycles. The maximum atomic E-state index is 13.0. The number of piperidine rings is 1. The van der Waals surface area contributed by atoms with E-state index in [1.807, 2.05) is 36.1 Å². The van der Waals surface area contributed by atoms with Gasteiger partial charge in [-0.3, -0.25) is 9.69 Å². The summed E-state index contributed by atoms with van der Waals surface area (Å²) in [6, 6.07) is 7.66. The summed E-state index contributed by atoms with van der Waals surface area (Å²) in [7, 11) is 1.80. The summed E-state index contributed by atoms with van der Waals surface area (Å²) in [5, 5.41) is 4.08. The van der Waals surface area contributed by atoms with Crippen molar-refractivity contribution < 1.29 is 18.0 Å². The van der Waals surface area contributed by atoms with Gasteiger partial charge in [-0.05, 0) is 44.5 Å². The first kappa shape index (κ1) is 20.3. The fourth-order valence-corrected chi connectivity index (χ4v) is 3.42. The molecular formula is C19H24F3N5O. The van der Waals surface area contributed by atoms with E-state index < -0.39 is 12.1 Å². The van der Waals surface area contributed by atoms with Crippen LogP contribution in [0.4, 0.5) is 13.2 Å². The molecule has 2 aromatic rings. The number of hydrogen-bond acceptors (Lipinski definition) is 4. The highest BCUT2D eigenvalue weighted by atomic mass is 19.4. The van der Waals surface area contributed by atoms with E-state index in [9.17, 15) is 18.0 Å². The number of carbonyl (C=O) groups excluding carboxylic acids is 1. The number of likely N-dealkylation sites (N-methyl/N-ethyl adjacent to an activating group) is 1. The lowest BCUT2D eigenvalue weighted by atomic mass is 9.97. The van der Waals surface area contributed by atoms with Crippen molar-refractivity contribution in [2.45, 2.75) is 32.0 Å². The predicted octanol–water partition coefficient (Wildman–Crippen LogP) is 3.06. The highest BCUT2D eigenvalue weighted by Crippen LogP contribution is 2.33. The van der Waals surface area contributed by atoms with Crippen LogP contribution in [0.25, 0.3) is 5.69 Å². The van der Waals surface area contributed by atoms with Gasteiger partial charge in [0.05, 0.1) is 18.2 Å². The number of carbonyl (C=O) groups is 1. The Morgan fingerprint density at radius 1 is 1.32 bits per heavy atom. The Hall–Kier alpha value is -2.42. The minimum Gasteiger partial charge on any atom is -0.341 e. The van der Waals surface area contributed by atoms with Crippen molar-refractivity contribution in [3.63, 3.8) is 0 Å². The third-order valence-electron chi connectivity index (χ3n) is 5.34. The molecule has 1 amide bonds. The highest BCUT2D eigenvalue weighted by Gasteiger charge is 2.42. The lowest BCUT2D eigenvalue weighted by molar-refractivity contribution is -0.188. The van der Waals surface area contributed by atoms with Crippen LogP contribution in [-0.2, 0) is 4.79 Å². The van der Waals surface area contributed by atoms with Crippen molar-refractivity contribution in [3.05, 3.63) is 42.5 Å². The number of likely N-dealkylation sites (tertiary alicyclic amines) is 1. The third kappa shape index (κ3) is 4.70.